The van der Waals surface area contributed by atoms with Crippen molar-refractivity contribution < 1.29 is 36.7 Å². The SMILES string of the molecule is O=C(COC(=O)C1CCN(c2ccc(C(F)(F)F)cn2)CC1)NNC(=O)c1ccccc1F. The molecule has 0 unspecified atom stereocenters. The average molecular weight is 468 g/mol. The number of hydrogen-bond donors (Lipinski definition) is 2. The van der Waals surface area contributed by atoms with Gasteiger partial charge in [-0.2, -0.15) is 13.2 Å². The summed E-state index contributed by atoms with van der Waals surface area (Å²) in [6.07, 6.45) is -2.96. The highest BCUT2D eigenvalue weighted by Crippen LogP contribution is 2.30. The number of benzene rings is 1. The van der Waals surface area contributed by atoms with E-state index in [4.69, 9.17) is 4.74 Å². The molecular formula is C21H20F4N4O4. The maximum Gasteiger partial charge on any atom is 0.417 e. The molecule has 1 fully saturated rings. The first-order valence-electron chi connectivity index (χ1n) is 9.93. The van der Waals surface area contributed by atoms with Crippen molar-refractivity contribution in [1.82, 2.24) is 15.8 Å². The summed E-state index contributed by atoms with van der Waals surface area (Å²) in [5, 5.41) is 0. The average Bonchev–Trinajstić information content (AvgIpc) is 2.81. The third-order valence-corrected chi connectivity index (χ3v) is 5.01. The number of pyridine rings is 1. The second-order valence-electron chi connectivity index (χ2n) is 7.25. The van der Waals surface area contributed by atoms with Gasteiger partial charge in [-0.1, -0.05) is 12.1 Å². The summed E-state index contributed by atoms with van der Waals surface area (Å²) in [5.74, 6) is -3.15. The van der Waals surface area contributed by atoms with Crippen LogP contribution in [0.3, 0.4) is 0 Å². The standard InChI is InChI=1S/C21H20F4N4O4/c22-16-4-2-1-3-15(16)19(31)28-27-18(30)12-33-20(32)13-7-9-29(10-8-13)17-6-5-14(11-26-17)21(23,24)25/h1-6,11,13H,7-10,12H2,(H,27,30)(H,28,31). The maximum atomic E-state index is 13.5. The van der Waals surface area contributed by atoms with Crippen LogP contribution in [0, 0.1) is 11.7 Å². The van der Waals surface area contributed by atoms with E-state index in [0.717, 1.165) is 18.3 Å². The number of anilines is 1. The molecule has 0 atom stereocenters. The Morgan fingerprint density at radius 3 is 2.36 bits per heavy atom. The van der Waals surface area contributed by atoms with Crippen molar-refractivity contribution in [3.8, 4) is 0 Å². The van der Waals surface area contributed by atoms with Crippen molar-refractivity contribution in [3.05, 3.63) is 59.5 Å². The number of amides is 2. The number of carbonyl (C=O) groups excluding carboxylic acids is 3. The summed E-state index contributed by atoms with van der Waals surface area (Å²) < 4.78 is 56.4. The fourth-order valence-electron chi connectivity index (χ4n) is 3.21. The highest BCUT2D eigenvalue weighted by atomic mass is 19.4. The van der Waals surface area contributed by atoms with Gasteiger partial charge in [-0.15, -0.1) is 0 Å². The molecule has 1 aromatic carbocycles. The molecule has 1 aliphatic heterocycles. The molecule has 33 heavy (non-hydrogen) atoms. The molecule has 0 spiro atoms. The number of halogens is 4. The van der Waals surface area contributed by atoms with Crippen molar-refractivity contribution >= 4 is 23.6 Å². The monoisotopic (exact) mass is 468 g/mol. The van der Waals surface area contributed by atoms with Gasteiger partial charge in [0.05, 0.1) is 17.0 Å². The third-order valence-electron chi connectivity index (χ3n) is 5.01. The Labute approximate surface area is 185 Å². The van der Waals surface area contributed by atoms with Gasteiger partial charge in [0.2, 0.25) is 0 Å². The molecule has 0 saturated carbocycles. The quantitative estimate of drug-likeness (QED) is 0.397. The van der Waals surface area contributed by atoms with Gasteiger partial charge in [0.1, 0.15) is 11.6 Å². The number of carbonyl (C=O) groups is 3. The molecule has 1 aliphatic rings. The van der Waals surface area contributed by atoms with E-state index < -0.39 is 47.9 Å². The molecule has 2 amide bonds. The minimum atomic E-state index is -4.46. The summed E-state index contributed by atoms with van der Waals surface area (Å²) in [5.41, 5.74) is 2.96. The van der Waals surface area contributed by atoms with Crippen LogP contribution in [0.4, 0.5) is 23.4 Å². The topological polar surface area (TPSA) is 101 Å². The summed E-state index contributed by atoms with van der Waals surface area (Å²) in [7, 11) is 0. The van der Waals surface area contributed by atoms with Gasteiger partial charge < -0.3 is 9.64 Å². The number of nitrogens with one attached hydrogen (secondary N) is 2. The van der Waals surface area contributed by atoms with Crippen molar-refractivity contribution in [3.63, 3.8) is 0 Å². The molecule has 1 aromatic heterocycles. The number of aromatic nitrogens is 1. The fourth-order valence-corrected chi connectivity index (χ4v) is 3.21. The zero-order valence-corrected chi connectivity index (χ0v) is 17.2. The molecule has 8 nitrogen and oxygen atoms in total. The molecular weight excluding hydrogens is 448 g/mol. The summed E-state index contributed by atoms with van der Waals surface area (Å²) in [4.78, 5) is 41.4. The molecule has 2 aromatic rings. The fraction of sp³-hybridized carbons (Fsp3) is 0.333. The largest absolute Gasteiger partial charge is 0.455 e. The Morgan fingerprint density at radius 2 is 1.76 bits per heavy atom. The van der Waals surface area contributed by atoms with Crippen LogP contribution in [-0.2, 0) is 20.5 Å². The number of rotatable bonds is 5. The van der Waals surface area contributed by atoms with Crippen LogP contribution >= 0.6 is 0 Å². The highest BCUT2D eigenvalue weighted by molar-refractivity contribution is 5.95. The first-order valence-corrected chi connectivity index (χ1v) is 9.93. The zero-order chi connectivity index (χ0) is 24.0. The summed E-state index contributed by atoms with van der Waals surface area (Å²) >= 11 is 0. The van der Waals surface area contributed by atoms with E-state index in [1.54, 1.807) is 4.90 Å². The lowest BCUT2D eigenvalue weighted by molar-refractivity contribution is -0.153. The van der Waals surface area contributed by atoms with Gasteiger partial charge in [-0.3, -0.25) is 25.2 Å². The number of esters is 1. The van der Waals surface area contributed by atoms with E-state index >= 15 is 0 Å². The van der Waals surface area contributed by atoms with Crippen molar-refractivity contribution in [2.75, 3.05) is 24.6 Å². The van der Waals surface area contributed by atoms with Crippen LogP contribution in [0.25, 0.3) is 0 Å². The number of ether oxygens (including phenoxy) is 1. The molecule has 2 heterocycles. The van der Waals surface area contributed by atoms with E-state index in [1.165, 1.54) is 24.3 Å². The van der Waals surface area contributed by atoms with Gasteiger partial charge in [-0.05, 0) is 37.1 Å². The lowest BCUT2D eigenvalue weighted by Gasteiger charge is -2.31. The van der Waals surface area contributed by atoms with E-state index in [-0.39, 0.29) is 5.56 Å². The molecule has 12 heteroatoms. The van der Waals surface area contributed by atoms with Crippen molar-refractivity contribution in [2.45, 2.75) is 19.0 Å². The molecule has 176 valence electrons. The lowest BCUT2D eigenvalue weighted by atomic mass is 9.97. The van der Waals surface area contributed by atoms with E-state index in [2.05, 4.69) is 4.98 Å². The van der Waals surface area contributed by atoms with Gasteiger partial charge in [-0.25, -0.2) is 9.37 Å². The number of alkyl halides is 3. The Bertz CT molecular complexity index is 1010. The molecule has 0 aliphatic carbocycles. The smallest absolute Gasteiger partial charge is 0.417 e. The van der Waals surface area contributed by atoms with Crippen LogP contribution < -0.4 is 15.8 Å². The Hall–Kier alpha value is -3.70. The van der Waals surface area contributed by atoms with E-state index in [9.17, 15) is 31.9 Å². The van der Waals surface area contributed by atoms with Gasteiger partial charge >= 0.3 is 12.1 Å². The number of hydrogen-bond acceptors (Lipinski definition) is 6. The van der Waals surface area contributed by atoms with E-state index in [0.29, 0.717) is 31.7 Å². The summed E-state index contributed by atoms with van der Waals surface area (Å²) in [6.45, 7) is 0.114. The first-order chi connectivity index (χ1) is 15.6. The first kappa shape index (κ1) is 24.0. The Morgan fingerprint density at radius 1 is 1.06 bits per heavy atom. The second-order valence-corrected chi connectivity index (χ2v) is 7.25. The van der Waals surface area contributed by atoms with Crippen LogP contribution in [0.15, 0.2) is 42.6 Å². The van der Waals surface area contributed by atoms with Gasteiger partial charge in [0.25, 0.3) is 11.8 Å². The third kappa shape index (κ3) is 6.40. The Kier molecular flexibility index (Phi) is 7.46. The minimum Gasteiger partial charge on any atom is -0.455 e. The minimum absolute atomic E-state index is 0.260. The van der Waals surface area contributed by atoms with E-state index in [1.807, 2.05) is 10.9 Å². The molecule has 1 saturated heterocycles. The molecule has 3 rings (SSSR count). The normalized spacial score (nSPS) is 14.5. The molecule has 0 bridgehead atoms. The highest BCUT2D eigenvalue weighted by Gasteiger charge is 2.32. The summed E-state index contributed by atoms with van der Waals surface area (Å²) in [6, 6.07) is 7.43. The second kappa shape index (κ2) is 10.3. The van der Waals surface area contributed by atoms with Crippen LogP contribution in [-0.4, -0.2) is 42.5 Å². The molecule has 0 radical (unpaired) electrons. The number of piperidine rings is 1. The van der Waals surface area contributed by atoms with Crippen molar-refractivity contribution in [2.24, 2.45) is 5.92 Å². The Balaban J connectivity index is 1.40. The molecule has 2 N–H and O–H groups in total. The lowest BCUT2D eigenvalue weighted by Crippen LogP contribution is -2.44. The number of hydrazine groups is 1. The predicted octanol–water partition coefficient (Wildman–Crippen LogP) is 2.46. The predicted molar refractivity (Wildman–Crippen MR) is 107 cm³/mol. The van der Waals surface area contributed by atoms with Crippen LogP contribution in [0.1, 0.15) is 28.8 Å². The maximum absolute atomic E-state index is 13.5. The number of nitrogens with zero attached hydrogens (tertiary/aromatic N) is 2. The van der Waals surface area contributed by atoms with Gasteiger partial charge in [0.15, 0.2) is 6.61 Å². The van der Waals surface area contributed by atoms with Crippen LogP contribution in [0.2, 0.25) is 0 Å². The van der Waals surface area contributed by atoms with Crippen LogP contribution in [0.5, 0.6) is 0 Å². The van der Waals surface area contributed by atoms with Crippen molar-refractivity contribution in [1.29, 1.82) is 0 Å². The zero-order valence-electron chi connectivity index (χ0n) is 17.2. The van der Waals surface area contributed by atoms with Gasteiger partial charge in [0, 0.05) is 19.3 Å².